The predicted octanol–water partition coefficient (Wildman–Crippen LogP) is 1.11. The third-order valence-corrected chi connectivity index (χ3v) is 2.40. The third kappa shape index (κ3) is 2.43. The van der Waals surface area contributed by atoms with Crippen molar-refractivity contribution in [2.24, 2.45) is 0 Å². The van der Waals surface area contributed by atoms with Crippen LogP contribution in [0.2, 0.25) is 0 Å². The van der Waals surface area contributed by atoms with Gasteiger partial charge in [-0.15, -0.1) is 0 Å². The number of rotatable bonds is 4. The van der Waals surface area contributed by atoms with E-state index in [9.17, 15) is 20.1 Å². The lowest BCUT2D eigenvalue weighted by atomic mass is 9.99. The highest BCUT2D eigenvalue weighted by Gasteiger charge is 2.19. The zero-order chi connectivity index (χ0) is 12.3. The van der Waals surface area contributed by atoms with Gasteiger partial charge in [-0.3, -0.25) is 0 Å². The van der Waals surface area contributed by atoms with Crippen LogP contribution in [0.25, 0.3) is 0 Å². The van der Waals surface area contributed by atoms with Crippen LogP contribution in [-0.2, 0) is 6.42 Å². The van der Waals surface area contributed by atoms with E-state index in [2.05, 4.69) is 0 Å². The summed E-state index contributed by atoms with van der Waals surface area (Å²) in [6.07, 6.45) is -0.308. The van der Waals surface area contributed by atoms with Crippen LogP contribution in [-0.4, -0.2) is 32.5 Å². The van der Waals surface area contributed by atoms with Gasteiger partial charge in [0.1, 0.15) is 0 Å². The molecule has 0 spiro atoms. The average molecular weight is 226 g/mol. The maximum absolute atomic E-state index is 10.9. The first-order chi connectivity index (χ1) is 7.47. The molecule has 0 bridgehead atoms. The van der Waals surface area contributed by atoms with Crippen molar-refractivity contribution < 1.29 is 25.2 Å². The molecule has 4 N–H and O–H groups in total. The topological polar surface area (TPSA) is 98.0 Å². The standard InChI is InChI=1S/C11H14O5/c1-2-6(12)5-8-7(11(15)16)3-4-9(13)10(8)14/h3-4,6,12-14H,2,5H2,1H3,(H,15,16). The molecule has 0 saturated heterocycles. The highest BCUT2D eigenvalue weighted by Crippen LogP contribution is 2.32. The summed E-state index contributed by atoms with van der Waals surface area (Å²) in [7, 11) is 0. The molecule has 0 amide bonds. The molecule has 0 fully saturated rings. The number of hydrogen-bond donors (Lipinski definition) is 4. The highest BCUT2D eigenvalue weighted by atomic mass is 16.4. The predicted molar refractivity (Wildman–Crippen MR) is 56.7 cm³/mol. The Bertz CT molecular complexity index is 400. The number of phenols is 2. The van der Waals surface area contributed by atoms with Crippen molar-refractivity contribution in [1.82, 2.24) is 0 Å². The monoisotopic (exact) mass is 226 g/mol. The average Bonchev–Trinajstić information content (AvgIpc) is 2.24. The van der Waals surface area contributed by atoms with E-state index in [1.54, 1.807) is 6.92 Å². The number of carboxylic acids is 1. The Balaban J connectivity index is 3.21. The summed E-state index contributed by atoms with van der Waals surface area (Å²) in [6, 6.07) is 2.32. The number of aromatic hydroxyl groups is 2. The SMILES string of the molecule is CCC(O)Cc1c(C(=O)O)ccc(O)c1O. The number of carboxylic acid groups (broad SMARTS) is 1. The first-order valence-electron chi connectivity index (χ1n) is 4.92. The third-order valence-electron chi connectivity index (χ3n) is 2.40. The van der Waals surface area contributed by atoms with Crippen LogP contribution in [0.15, 0.2) is 12.1 Å². The Morgan fingerprint density at radius 3 is 2.50 bits per heavy atom. The number of aliphatic hydroxyl groups excluding tert-OH is 1. The van der Waals surface area contributed by atoms with Gasteiger partial charge in [-0.25, -0.2) is 4.79 Å². The number of aromatic carboxylic acids is 1. The van der Waals surface area contributed by atoms with Crippen LogP contribution in [0, 0.1) is 0 Å². The van der Waals surface area contributed by atoms with E-state index in [0.29, 0.717) is 6.42 Å². The Labute approximate surface area is 92.6 Å². The Morgan fingerprint density at radius 2 is 2.00 bits per heavy atom. The van der Waals surface area contributed by atoms with E-state index in [-0.39, 0.29) is 23.3 Å². The molecule has 1 aromatic rings. The molecule has 88 valence electrons. The van der Waals surface area contributed by atoms with Gasteiger partial charge in [0.25, 0.3) is 0 Å². The maximum Gasteiger partial charge on any atom is 0.336 e. The van der Waals surface area contributed by atoms with Crippen molar-refractivity contribution in [3.8, 4) is 11.5 Å². The van der Waals surface area contributed by atoms with E-state index in [4.69, 9.17) is 5.11 Å². The smallest absolute Gasteiger partial charge is 0.336 e. The van der Waals surface area contributed by atoms with Gasteiger partial charge in [0.2, 0.25) is 0 Å². The fourth-order valence-corrected chi connectivity index (χ4v) is 1.41. The highest BCUT2D eigenvalue weighted by molar-refractivity contribution is 5.90. The van der Waals surface area contributed by atoms with Crippen LogP contribution < -0.4 is 0 Å². The van der Waals surface area contributed by atoms with Crippen molar-refractivity contribution in [2.75, 3.05) is 0 Å². The molecular formula is C11H14O5. The normalized spacial score (nSPS) is 12.4. The molecule has 1 rings (SSSR count). The lowest BCUT2D eigenvalue weighted by Gasteiger charge is -2.12. The maximum atomic E-state index is 10.9. The molecule has 0 saturated carbocycles. The summed E-state index contributed by atoms with van der Waals surface area (Å²) in [5, 5.41) is 37.2. The molecule has 16 heavy (non-hydrogen) atoms. The second-order valence-electron chi connectivity index (χ2n) is 3.53. The summed E-state index contributed by atoms with van der Waals surface area (Å²) >= 11 is 0. The molecule has 5 nitrogen and oxygen atoms in total. The minimum atomic E-state index is -1.20. The van der Waals surface area contributed by atoms with Gasteiger partial charge in [0.05, 0.1) is 11.7 Å². The van der Waals surface area contributed by atoms with Crippen molar-refractivity contribution in [3.05, 3.63) is 23.3 Å². The van der Waals surface area contributed by atoms with Crippen LogP contribution in [0.1, 0.15) is 29.3 Å². The van der Waals surface area contributed by atoms with Crippen LogP contribution in [0.3, 0.4) is 0 Å². The summed E-state index contributed by atoms with van der Waals surface area (Å²) in [6.45, 7) is 1.74. The Kier molecular flexibility index (Phi) is 3.73. The fourth-order valence-electron chi connectivity index (χ4n) is 1.41. The van der Waals surface area contributed by atoms with Gasteiger partial charge in [-0.05, 0) is 18.6 Å². The number of aliphatic hydroxyl groups is 1. The number of benzene rings is 1. The fraction of sp³-hybridized carbons (Fsp3) is 0.364. The van der Waals surface area contributed by atoms with E-state index in [1.807, 2.05) is 0 Å². The van der Waals surface area contributed by atoms with E-state index >= 15 is 0 Å². The summed E-state index contributed by atoms with van der Waals surface area (Å²) in [4.78, 5) is 10.9. The summed E-state index contributed by atoms with van der Waals surface area (Å²) < 4.78 is 0. The lowest BCUT2D eigenvalue weighted by molar-refractivity contribution is 0.0694. The van der Waals surface area contributed by atoms with Crippen LogP contribution in [0.4, 0.5) is 0 Å². The van der Waals surface area contributed by atoms with Gasteiger partial charge < -0.3 is 20.4 Å². The summed E-state index contributed by atoms with van der Waals surface area (Å²) in [5.74, 6) is -2.07. The zero-order valence-corrected chi connectivity index (χ0v) is 8.84. The van der Waals surface area contributed by atoms with Crippen molar-refractivity contribution in [1.29, 1.82) is 0 Å². The first kappa shape index (κ1) is 12.3. The molecule has 0 aromatic heterocycles. The quantitative estimate of drug-likeness (QED) is 0.576. The molecule has 0 heterocycles. The van der Waals surface area contributed by atoms with Crippen molar-refractivity contribution in [2.45, 2.75) is 25.9 Å². The van der Waals surface area contributed by atoms with Gasteiger partial charge in [0, 0.05) is 12.0 Å². The molecular weight excluding hydrogens is 212 g/mol. The lowest BCUT2D eigenvalue weighted by Crippen LogP contribution is -2.12. The van der Waals surface area contributed by atoms with Crippen LogP contribution in [0.5, 0.6) is 11.5 Å². The largest absolute Gasteiger partial charge is 0.504 e. The second kappa shape index (κ2) is 4.85. The zero-order valence-electron chi connectivity index (χ0n) is 8.84. The molecule has 0 radical (unpaired) electrons. The van der Waals surface area contributed by atoms with E-state index < -0.39 is 17.8 Å². The molecule has 0 aliphatic rings. The van der Waals surface area contributed by atoms with E-state index in [0.717, 1.165) is 6.07 Å². The van der Waals surface area contributed by atoms with Gasteiger partial charge in [-0.1, -0.05) is 6.92 Å². The Hall–Kier alpha value is -1.75. The minimum Gasteiger partial charge on any atom is -0.504 e. The van der Waals surface area contributed by atoms with Gasteiger partial charge in [-0.2, -0.15) is 0 Å². The van der Waals surface area contributed by atoms with E-state index in [1.165, 1.54) is 6.07 Å². The number of hydrogen-bond acceptors (Lipinski definition) is 4. The molecule has 0 aliphatic heterocycles. The number of phenolic OH excluding ortho intramolecular Hbond substituents is 2. The molecule has 0 aliphatic carbocycles. The molecule has 1 aromatic carbocycles. The number of carbonyl (C=O) groups is 1. The molecule has 5 heteroatoms. The molecule has 1 atom stereocenters. The summed E-state index contributed by atoms with van der Waals surface area (Å²) in [5.41, 5.74) is -0.0512. The molecule has 1 unspecified atom stereocenters. The Morgan fingerprint density at radius 1 is 1.38 bits per heavy atom. The van der Waals surface area contributed by atoms with Gasteiger partial charge >= 0.3 is 5.97 Å². The minimum absolute atomic E-state index is 0.00162. The van der Waals surface area contributed by atoms with Crippen molar-refractivity contribution in [3.63, 3.8) is 0 Å². The van der Waals surface area contributed by atoms with Crippen LogP contribution >= 0.6 is 0 Å². The first-order valence-corrected chi connectivity index (χ1v) is 4.92. The second-order valence-corrected chi connectivity index (χ2v) is 3.53. The van der Waals surface area contributed by atoms with Crippen molar-refractivity contribution >= 4 is 5.97 Å². The van der Waals surface area contributed by atoms with Gasteiger partial charge in [0.15, 0.2) is 11.5 Å².